The second kappa shape index (κ2) is 8.29. The molecule has 0 unspecified atom stereocenters. The molecule has 0 spiro atoms. The molecule has 1 aliphatic heterocycles. The van der Waals surface area contributed by atoms with Gasteiger partial charge < -0.3 is 0 Å². The number of benzene rings is 2. The molecule has 0 radical (unpaired) electrons. The number of hydrogen-bond donors (Lipinski definition) is 0. The van der Waals surface area contributed by atoms with Crippen LogP contribution in [0.4, 0.5) is 5.69 Å². The molecule has 6 nitrogen and oxygen atoms in total. The maximum absolute atomic E-state index is 10.7. The van der Waals surface area contributed by atoms with Gasteiger partial charge in [-0.2, -0.15) is 5.10 Å². The fourth-order valence-corrected chi connectivity index (χ4v) is 3.15. The molecule has 1 fully saturated rings. The first-order valence-corrected chi connectivity index (χ1v) is 8.91. The summed E-state index contributed by atoms with van der Waals surface area (Å²) in [7, 11) is 0. The zero-order valence-electron chi connectivity index (χ0n) is 14.6. The molecule has 7 heteroatoms. The van der Waals surface area contributed by atoms with Gasteiger partial charge in [-0.05, 0) is 36.2 Å². The van der Waals surface area contributed by atoms with Gasteiger partial charge in [-0.3, -0.25) is 20.0 Å². The Balaban J connectivity index is 1.56. The lowest BCUT2D eigenvalue weighted by molar-refractivity contribution is -0.384. The number of nitro groups is 1. The maximum atomic E-state index is 10.7. The predicted octanol–water partition coefficient (Wildman–Crippen LogP) is 3.79. The molecule has 1 heterocycles. The van der Waals surface area contributed by atoms with Gasteiger partial charge in [-0.15, -0.1) is 0 Å². The highest BCUT2D eigenvalue weighted by molar-refractivity contribution is 6.31. The van der Waals surface area contributed by atoms with Crippen molar-refractivity contribution in [2.75, 3.05) is 26.2 Å². The standard InChI is InChI=1S/C19H21ClN4O2/c1-15(16-6-8-18(9-7-16)24(25)26)21-23-12-10-22(11-13-23)14-17-4-2-3-5-19(17)20/h2-9H,10-14H2,1H3/b21-15-. The molecule has 0 aromatic heterocycles. The van der Waals surface area contributed by atoms with E-state index in [1.165, 1.54) is 12.1 Å². The number of rotatable bonds is 5. The van der Waals surface area contributed by atoms with Gasteiger partial charge in [0.1, 0.15) is 0 Å². The Morgan fingerprint density at radius 3 is 2.38 bits per heavy atom. The minimum absolute atomic E-state index is 0.0923. The van der Waals surface area contributed by atoms with Gasteiger partial charge in [0.15, 0.2) is 0 Å². The largest absolute Gasteiger partial charge is 0.295 e. The molecule has 0 amide bonds. The summed E-state index contributed by atoms with van der Waals surface area (Å²) in [5.74, 6) is 0. The smallest absolute Gasteiger partial charge is 0.269 e. The van der Waals surface area contributed by atoms with E-state index in [1.54, 1.807) is 12.1 Å². The van der Waals surface area contributed by atoms with Crippen molar-refractivity contribution >= 4 is 23.0 Å². The van der Waals surface area contributed by atoms with Gasteiger partial charge in [0.25, 0.3) is 5.69 Å². The first-order valence-electron chi connectivity index (χ1n) is 8.53. The van der Waals surface area contributed by atoms with Gasteiger partial charge >= 0.3 is 0 Å². The molecule has 2 aromatic carbocycles. The van der Waals surface area contributed by atoms with Crippen LogP contribution in [0.3, 0.4) is 0 Å². The molecule has 1 saturated heterocycles. The summed E-state index contributed by atoms with van der Waals surface area (Å²) in [6, 6.07) is 14.4. The van der Waals surface area contributed by atoms with Crippen LogP contribution < -0.4 is 0 Å². The predicted molar refractivity (Wildman–Crippen MR) is 104 cm³/mol. The second-order valence-corrected chi connectivity index (χ2v) is 6.72. The number of non-ortho nitro benzene ring substituents is 1. The van der Waals surface area contributed by atoms with Crippen molar-refractivity contribution in [1.82, 2.24) is 9.91 Å². The summed E-state index contributed by atoms with van der Waals surface area (Å²) in [6.07, 6.45) is 0. The zero-order valence-corrected chi connectivity index (χ0v) is 15.4. The number of piperazine rings is 1. The topological polar surface area (TPSA) is 62.0 Å². The first-order chi connectivity index (χ1) is 12.5. The summed E-state index contributed by atoms with van der Waals surface area (Å²) in [6.45, 7) is 6.30. The molecular weight excluding hydrogens is 352 g/mol. The highest BCUT2D eigenvalue weighted by Gasteiger charge is 2.17. The molecule has 0 aliphatic carbocycles. The van der Waals surface area contributed by atoms with Crippen LogP contribution in [0, 0.1) is 10.1 Å². The number of nitrogens with zero attached hydrogens (tertiary/aromatic N) is 4. The van der Waals surface area contributed by atoms with Crippen molar-refractivity contribution in [3.63, 3.8) is 0 Å². The molecular formula is C19H21ClN4O2. The van der Waals surface area contributed by atoms with Crippen LogP contribution >= 0.6 is 11.6 Å². The van der Waals surface area contributed by atoms with Gasteiger partial charge in [0.2, 0.25) is 0 Å². The van der Waals surface area contributed by atoms with Gasteiger partial charge in [-0.25, -0.2) is 0 Å². The molecule has 1 aliphatic rings. The Hall–Kier alpha value is -2.44. The van der Waals surface area contributed by atoms with Crippen LogP contribution in [0.1, 0.15) is 18.1 Å². The van der Waals surface area contributed by atoms with E-state index >= 15 is 0 Å². The van der Waals surface area contributed by atoms with Crippen molar-refractivity contribution in [3.05, 3.63) is 74.8 Å². The lowest BCUT2D eigenvalue weighted by Crippen LogP contribution is -2.43. The third-order valence-corrected chi connectivity index (χ3v) is 4.86. The Bertz CT molecular complexity index is 799. The van der Waals surface area contributed by atoms with Crippen molar-refractivity contribution in [3.8, 4) is 0 Å². The van der Waals surface area contributed by atoms with E-state index in [-0.39, 0.29) is 5.69 Å². The van der Waals surface area contributed by atoms with E-state index in [2.05, 4.69) is 21.1 Å². The summed E-state index contributed by atoms with van der Waals surface area (Å²) in [5.41, 5.74) is 3.00. The van der Waals surface area contributed by atoms with Crippen molar-refractivity contribution in [1.29, 1.82) is 0 Å². The molecule has 3 rings (SSSR count). The number of halogens is 1. The van der Waals surface area contributed by atoms with E-state index in [0.29, 0.717) is 0 Å². The Kier molecular flexibility index (Phi) is 5.85. The van der Waals surface area contributed by atoms with Gasteiger partial charge in [-0.1, -0.05) is 29.8 Å². The highest BCUT2D eigenvalue weighted by atomic mass is 35.5. The molecule has 2 aromatic rings. The second-order valence-electron chi connectivity index (χ2n) is 6.31. The van der Waals surface area contributed by atoms with Crippen LogP contribution in [-0.4, -0.2) is 46.7 Å². The lowest BCUT2D eigenvalue weighted by atomic mass is 10.1. The van der Waals surface area contributed by atoms with E-state index in [4.69, 9.17) is 11.6 Å². The third-order valence-electron chi connectivity index (χ3n) is 4.49. The number of nitro benzene ring substituents is 1. The van der Waals surface area contributed by atoms with E-state index in [1.807, 2.05) is 25.1 Å². The minimum atomic E-state index is -0.394. The van der Waals surface area contributed by atoms with Gasteiger partial charge in [0.05, 0.1) is 10.6 Å². The summed E-state index contributed by atoms with van der Waals surface area (Å²) < 4.78 is 0. The third kappa shape index (κ3) is 4.59. The molecule has 0 N–H and O–H groups in total. The molecule has 0 saturated carbocycles. The zero-order chi connectivity index (χ0) is 18.5. The Labute approximate surface area is 157 Å². The molecule has 0 atom stereocenters. The number of hydrazone groups is 1. The minimum Gasteiger partial charge on any atom is -0.295 e. The quantitative estimate of drug-likeness (QED) is 0.455. The normalized spacial score (nSPS) is 15.9. The van der Waals surface area contributed by atoms with Crippen LogP contribution in [0.2, 0.25) is 5.02 Å². The van der Waals surface area contributed by atoms with E-state index < -0.39 is 4.92 Å². The first kappa shape index (κ1) is 18.4. The van der Waals surface area contributed by atoms with E-state index in [0.717, 1.165) is 54.6 Å². The van der Waals surface area contributed by atoms with Gasteiger partial charge in [0, 0.05) is 49.9 Å². The average Bonchev–Trinajstić information content (AvgIpc) is 2.65. The van der Waals surface area contributed by atoms with Crippen LogP contribution in [0.15, 0.2) is 53.6 Å². The monoisotopic (exact) mass is 372 g/mol. The molecule has 0 bridgehead atoms. The van der Waals surface area contributed by atoms with E-state index in [9.17, 15) is 10.1 Å². The maximum Gasteiger partial charge on any atom is 0.269 e. The van der Waals surface area contributed by atoms with Crippen molar-refractivity contribution < 1.29 is 4.92 Å². The fraction of sp³-hybridized carbons (Fsp3) is 0.316. The molecule has 136 valence electrons. The lowest BCUT2D eigenvalue weighted by Gasteiger charge is -2.33. The highest BCUT2D eigenvalue weighted by Crippen LogP contribution is 2.18. The Morgan fingerprint density at radius 1 is 1.12 bits per heavy atom. The summed E-state index contributed by atoms with van der Waals surface area (Å²) in [4.78, 5) is 12.7. The number of hydrogen-bond acceptors (Lipinski definition) is 5. The van der Waals surface area contributed by atoms with Crippen LogP contribution in [-0.2, 0) is 6.54 Å². The summed E-state index contributed by atoms with van der Waals surface area (Å²) >= 11 is 6.24. The SMILES string of the molecule is C/C(=N/N1CCN(Cc2ccccc2Cl)CC1)c1ccc([N+](=O)[O-])cc1. The fourth-order valence-electron chi connectivity index (χ4n) is 2.96. The average molecular weight is 373 g/mol. The van der Waals surface area contributed by atoms with Crippen LogP contribution in [0.25, 0.3) is 0 Å². The van der Waals surface area contributed by atoms with Crippen molar-refractivity contribution in [2.24, 2.45) is 5.10 Å². The Morgan fingerprint density at radius 2 is 1.77 bits per heavy atom. The molecule has 26 heavy (non-hydrogen) atoms. The summed E-state index contributed by atoms with van der Waals surface area (Å²) in [5, 5.41) is 18.3. The van der Waals surface area contributed by atoms with Crippen molar-refractivity contribution in [2.45, 2.75) is 13.5 Å². The van der Waals surface area contributed by atoms with Crippen LogP contribution in [0.5, 0.6) is 0 Å².